The molecule has 0 bridgehead atoms. The summed E-state index contributed by atoms with van der Waals surface area (Å²) in [7, 11) is 2.03. The van der Waals surface area contributed by atoms with E-state index < -0.39 is 5.54 Å². The lowest BCUT2D eigenvalue weighted by molar-refractivity contribution is -0.101. The van der Waals surface area contributed by atoms with Crippen LogP contribution in [0.15, 0.2) is 36.9 Å². The van der Waals surface area contributed by atoms with Gasteiger partial charge in [0.15, 0.2) is 0 Å². The minimum Gasteiger partial charge on any atom is -0.394 e. The van der Waals surface area contributed by atoms with Crippen LogP contribution in [0.5, 0.6) is 0 Å². The second-order valence-electron chi connectivity index (χ2n) is 6.06. The molecule has 1 aliphatic heterocycles. The summed E-state index contributed by atoms with van der Waals surface area (Å²) in [6.07, 6.45) is 5.29. The summed E-state index contributed by atoms with van der Waals surface area (Å²) < 4.78 is 7.51. The minimum absolute atomic E-state index is 0.0298. The van der Waals surface area contributed by atoms with Crippen molar-refractivity contribution in [1.29, 1.82) is 0 Å². The minimum atomic E-state index is -0.440. The van der Waals surface area contributed by atoms with Gasteiger partial charge in [0.2, 0.25) is 0 Å². The number of aliphatic hydroxyl groups is 1. The van der Waals surface area contributed by atoms with Crippen LogP contribution in [0.3, 0.4) is 0 Å². The fourth-order valence-corrected chi connectivity index (χ4v) is 2.80. The Morgan fingerprint density at radius 3 is 3.09 bits per heavy atom. The number of likely N-dealkylation sites (N-methyl/N-ethyl adjacent to an activating group) is 1. The van der Waals surface area contributed by atoms with E-state index in [0.29, 0.717) is 19.8 Å². The standard InChI is InChI=1S/C16H23N5O2/c1-13-8-23-11-16(10-22,20(13)2)9-18-14-4-3-5-15(19-14)21-7-6-17-12-21/h3-7,12-13,22H,8-11H2,1-2H3,(H,18,19)/t13-,16+/m1/s1. The highest BCUT2D eigenvalue weighted by Crippen LogP contribution is 2.23. The normalized spacial score (nSPS) is 25.4. The van der Waals surface area contributed by atoms with E-state index in [4.69, 9.17) is 4.74 Å². The number of aromatic nitrogens is 3. The van der Waals surface area contributed by atoms with E-state index in [9.17, 15) is 5.11 Å². The number of morpholine rings is 1. The molecule has 0 aromatic carbocycles. The van der Waals surface area contributed by atoms with Crippen LogP contribution < -0.4 is 5.32 Å². The highest BCUT2D eigenvalue weighted by Gasteiger charge is 2.40. The fraction of sp³-hybridized carbons (Fsp3) is 0.500. The number of aliphatic hydroxyl groups excluding tert-OH is 1. The molecule has 124 valence electrons. The predicted octanol–water partition coefficient (Wildman–Crippen LogP) is 0.761. The van der Waals surface area contributed by atoms with Crippen LogP contribution in [0.1, 0.15) is 6.92 Å². The maximum Gasteiger partial charge on any atom is 0.140 e. The van der Waals surface area contributed by atoms with Crippen molar-refractivity contribution in [3.05, 3.63) is 36.9 Å². The molecular weight excluding hydrogens is 294 g/mol. The Balaban J connectivity index is 1.73. The molecule has 1 saturated heterocycles. The number of nitrogens with zero attached hydrogens (tertiary/aromatic N) is 4. The maximum atomic E-state index is 9.92. The Hall–Kier alpha value is -1.96. The van der Waals surface area contributed by atoms with Gasteiger partial charge >= 0.3 is 0 Å². The van der Waals surface area contributed by atoms with Gasteiger partial charge in [-0.2, -0.15) is 0 Å². The van der Waals surface area contributed by atoms with E-state index in [-0.39, 0.29) is 12.6 Å². The molecule has 0 spiro atoms. The number of hydrogen-bond donors (Lipinski definition) is 2. The molecule has 3 rings (SSSR count). The molecule has 0 unspecified atom stereocenters. The molecule has 0 amide bonds. The van der Waals surface area contributed by atoms with E-state index in [0.717, 1.165) is 11.6 Å². The maximum absolute atomic E-state index is 9.92. The molecule has 0 radical (unpaired) electrons. The van der Waals surface area contributed by atoms with Gasteiger partial charge in [-0.3, -0.25) is 9.47 Å². The van der Waals surface area contributed by atoms with E-state index >= 15 is 0 Å². The molecule has 3 heterocycles. The van der Waals surface area contributed by atoms with Gasteiger partial charge < -0.3 is 15.2 Å². The first-order valence-electron chi connectivity index (χ1n) is 7.75. The van der Waals surface area contributed by atoms with Crippen molar-refractivity contribution in [2.24, 2.45) is 0 Å². The van der Waals surface area contributed by atoms with E-state index in [1.165, 1.54) is 0 Å². The largest absolute Gasteiger partial charge is 0.394 e. The molecule has 1 fully saturated rings. The Bertz CT molecular complexity index is 633. The van der Waals surface area contributed by atoms with Crippen molar-refractivity contribution in [3.8, 4) is 5.82 Å². The molecular formula is C16H23N5O2. The number of pyridine rings is 1. The van der Waals surface area contributed by atoms with Crippen molar-refractivity contribution in [1.82, 2.24) is 19.4 Å². The summed E-state index contributed by atoms with van der Waals surface area (Å²) in [5, 5.41) is 13.3. The lowest BCUT2D eigenvalue weighted by atomic mass is 9.96. The van der Waals surface area contributed by atoms with Crippen molar-refractivity contribution in [2.75, 3.05) is 38.7 Å². The molecule has 2 aromatic rings. The third-order valence-electron chi connectivity index (χ3n) is 4.54. The zero-order valence-corrected chi connectivity index (χ0v) is 13.5. The smallest absolute Gasteiger partial charge is 0.140 e. The first-order chi connectivity index (χ1) is 11.1. The number of anilines is 1. The number of imidazole rings is 1. The summed E-state index contributed by atoms with van der Waals surface area (Å²) in [5.74, 6) is 1.56. The van der Waals surface area contributed by atoms with Crippen molar-refractivity contribution >= 4 is 5.82 Å². The van der Waals surface area contributed by atoms with Gasteiger partial charge in [0.05, 0.1) is 25.4 Å². The van der Waals surface area contributed by atoms with Gasteiger partial charge in [0.1, 0.15) is 18.0 Å². The molecule has 23 heavy (non-hydrogen) atoms. The lowest BCUT2D eigenvalue weighted by Crippen LogP contribution is -2.64. The van der Waals surface area contributed by atoms with Crippen LogP contribution in [-0.2, 0) is 4.74 Å². The summed E-state index contributed by atoms with van der Waals surface area (Å²) in [4.78, 5) is 10.8. The molecule has 0 saturated carbocycles. The van der Waals surface area contributed by atoms with Crippen molar-refractivity contribution in [3.63, 3.8) is 0 Å². The third-order valence-corrected chi connectivity index (χ3v) is 4.54. The van der Waals surface area contributed by atoms with E-state index in [1.54, 1.807) is 12.5 Å². The molecule has 2 atom stereocenters. The quantitative estimate of drug-likeness (QED) is 0.848. The number of hydrogen-bond acceptors (Lipinski definition) is 6. The number of ether oxygens (including phenoxy) is 1. The molecule has 7 heteroatoms. The topological polar surface area (TPSA) is 75.4 Å². The summed E-state index contributed by atoms with van der Waals surface area (Å²) in [6.45, 7) is 3.87. The third kappa shape index (κ3) is 3.21. The fourth-order valence-electron chi connectivity index (χ4n) is 2.80. The first kappa shape index (κ1) is 15.9. The van der Waals surface area contributed by atoms with Gasteiger partial charge in [0, 0.05) is 25.0 Å². The predicted molar refractivity (Wildman–Crippen MR) is 87.7 cm³/mol. The zero-order chi connectivity index (χ0) is 16.3. The van der Waals surface area contributed by atoms with Gasteiger partial charge in [-0.15, -0.1) is 0 Å². The van der Waals surface area contributed by atoms with Crippen LogP contribution in [-0.4, -0.2) is 69.5 Å². The highest BCUT2D eigenvalue weighted by atomic mass is 16.5. The first-order valence-corrected chi connectivity index (χ1v) is 7.75. The Kier molecular flexibility index (Phi) is 4.61. The van der Waals surface area contributed by atoms with E-state index in [2.05, 4.69) is 27.1 Å². The molecule has 1 aliphatic rings. The second-order valence-corrected chi connectivity index (χ2v) is 6.06. The van der Waals surface area contributed by atoms with Crippen LogP contribution in [0, 0.1) is 0 Å². The monoisotopic (exact) mass is 317 g/mol. The Morgan fingerprint density at radius 2 is 2.35 bits per heavy atom. The zero-order valence-electron chi connectivity index (χ0n) is 13.5. The highest BCUT2D eigenvalue weighted by molar-refractivity contribution is 5.40. The average Bonchev–Trinajstić information content (AvgIpc) is 3.11. The van der Waals surface area contributed by atoms with Crippen LogP contribution in [0.2, 0.25) is 0 Å². The summed E-state index contributed by atoms with van der Waals surface area (Å²) in [6, 6.07) is 6.05. The summed E-state index contributed by atoms with van der Waals surface area (Å²) >= 11 is 0. The lowest BCUT2D eigenvalue weighted by Gasteiger charge is -2.47. The van der Waals surface area contributed by atoms with E-state index in [1.807, 2.05) is 36.0 Å². The Labute approximate surface area is 135 Å². The van der Waals surface area contributed by atoms with Gasteiger partial charge in [0.25, 0.3) is 0 Å². The van der Waals surface area contributed by atoms with Crippen molar-refractivity contribution in [2.45, 2.75) is 18.5 Å². The SMILES string of the molecule is C[C@@H]1COC[C@@](CO)(CNc2cccc(-n3ccnc3)n2)N1C. The van der Waals surface area contributed by atoms with Gasteiger partial charge in [-0.25, -0.2) is 9.97 Å². The van der Waals surface area contributed by atoms with Crippen molar-refractivity contribution < 1.29 is 9.84 Å². The number of nitrogens with one attached hydrogen (secondary N) is 1. The van der Waals surface area contributed by atoms with Gasteiger partial charge in [-0.05, 0) is 26.1 Å². The molecule has 0 aliphatic carbocycles. The molecule has 2 aromatic heterocycles. The Morgan fingerprint density at radius 1 is 1.48 bits per heavy atom. The average molecular weight is 317 g/mol. The van der Waals surface area contributed by atoms with Crippen LogP contribution in [0.4, 0.5) is 5.82 Å². The molecule has 7 nitrogen and oxygen atoms in total. The number of rotatable bonds is 5. The summed E-state index contributed by atoms with van der Waals surface area (Å²) in [5.41, 5.74) is -0.440. The van der Waals surface area contributed by atoms with Crippen LogP contribution >= 0.6 is 0 Å². The molecule has 2 N–H and O–H groups in total. The second kappa shape index (κ2) is 6.66. The van der Waals surface area contributed by atoms with Gasteiger partial charge in [-0.1, -0.05) is 6.07 Å². The van der Waals surface area contributed by atoms with Crippen LogP contribution in [0.25, 0.3) is 5.82 Å².